The van der Waals surface area contributed by atoms with Crippen molar-refractivity contribution in [2.24, 2.45) is 5.92 Å². The lowest BCUT2D eigenvalue weighted by molar-refractivity contribution is -0.131. The van der Waals surface area contributed by atoms with E-state index < -0.39 is 0 Å². The van der Waals surface area contributed by atoms with Crippen LogP contribution < -0.4 is 0 Å². The molecule has 1 N–H and O–H groups in total. The Hall–Kier alpha value is -1.43. The highest BCUT2D eigenvalue weighted by Crippen LogP contribution is 2.27. The summed E-state index contributed by atoms with van der Waals surface area (Å²) >= 11 is 0. The first-order valence-corrected chi connectivity index (χ1v) is 5.91. The average molecular weight is 238 g/mol. The Labute approximate surface area is 100 Å². The number of aryl methyl sites for hydroxylation is 1. The second-order valence-electron chi connectivity index (χ2n) is 4.68. The van der Waals surface area contributed by atoms with Crippen LogP contribution in [-0.2, 0) is 11.3 Å². The smallest absolute Gasteiger partial charge is 0.224 e. The molecule has 6 nitrogen and oxygen atoms in total. The van der Waals surface area contributed by atoms with E-state index >= 15 is 0 Å². The molecular weight excluding hydrogens is 220 g/mol. The van der Waals surface area contributed by atoms with Crippen LogP contribution in [0.1, 0.15) is 19.3 Å². The molecule has 1 aromatic rings. The van der Waals surface area contributed by atoms with Gasteiger partial charge in [-0.3, -0.25) is 9.48 Å². The summed E-state index contributed by atoms with van der Waals surface area (Å²) in [4.78, 5) is 13.5. The Kier molecular flexibility index (Phi) is 3.73. The molecule has 1 aliphatic carbocycles. The van der Waals surface area contributed by atoms with Crippen molar-refractivity contribution in [2.75, 3.05) is 13.6 Å². The predicted molar refractivity (Wildman–Crippen MR) is 61.0 cm³/mol. The summed E-state index contributed by atoms with van der Waals surface area (Å²) in [6.07, 6.45) is 5.27. The Bertz CT molecular complexity index is 360. The molecule has 0 bridgehead atoms. The lowest BCUT2D eigenvalue weighted by atomic mass is 9.82. The molecule has 0 unspecified atom stereocenters. The number of carbonyl (C=O) groups excluding carboxylic acids is 1. The van der Waals surface area contributed by atoms with Gasteiger partial charge >= 0.3 is 0 Å². The zero-order valence-corrected chi connectivity index (χ0v) is 9.99. The topological polar surface area (TPSA) is 71.2 Å². The molecule has 1 aliphatic rings. The minimum absolute atomic E-state index is 0.113. The van der Waals surface area contributed by atoms with Gasteiger partial charge in [0.15, 0.2) is 0 Å². The molecule has 94 valence electrons. The molecule has 0 aromatic carbocycles. The molecular formula is C11H18N4O2. The lowest BCUT2D eigenvalue weighted by Crippen LogP contribution is -2.39. The normalized spacial score (nSPS) is 23.2. The maximum absolute atomic E-state index is 11.8. The zero-order valence-electron chi connectivity index (χ0n) is 9.99. The van der Waals surface area contributed by atoms with E-state index in [1.165, 1.54) is 0 Å². The Morgan fingerprint density at radius 3 is 2.94 bits per heavy atom. The predicted octanol–water partition coefficient (Wildman–Crippen LogP) is -0.103. The van der Waals surface area contributed by atoms with Gasteiger partial charge in [0.05, 0.1) is 18.8 Å². The van der Waals surface area contributed by atoms with Crippen LogP contribution in [0, 0.1) is 5.92 Å². The fourth-order valence-electron chi connectivity index (χ4n) is 2.09. The van der Waals surface area contributed by atoms with Crippen molar-refractivity contribution in [1.82, 2.24) is 19.9 Å². The third-order valence-corrected chi connectivity index (χ3v) is 3.20. The fourth-order valence-corrected chi connectivity index (χ4v) is 2.09. The van der Waals surface area contributed by atoms with Crippen LogP contribution in [0.15, 0.2) is 12.4 Å². The van der Waals surface area contributed by atoms with Crippen molar-refractivity contribution in [3.63, 3.8) is 0 Å². The van der Waals surface area contributed by atoms with Crippen molar-refractivity contribution in [3.8, 4) is 0 Å². The van der Waals surface area contributed by atoms with E-state index in [1.54, 1.807) is 22.0 Å². The van der Waals surface area contributed by atoms with Crippen LogP contribution in [0.5, 0.6) is 0 Å². The molecule has 0 saturated heterocycles. The van der Waals surface area contributed by atoms with Crippen LogP contribution in [0.3, 0.4) is 0 Å². The third kappa shape index (κ3) is 3.26. The number of amides is 1. The number of aliphatic hydroxyl groups excluding tert-OH is 1. The lowest BCUT2D eigenvalue weighted by Gasteiger charge is -2.34. The maximum atomic E-state index is 11.8. The van der Waals surface area contributed by atoms with Gasteiger partial charge in [-0.1, -0.05) is 5.21 Å². The number of hydrogen-bond donors (Lipinski definition) is 1. The molecule has 0 radical (unpaired) electrons. The highest BCUT2D eigenvalue weighted by Gasteiger charge is 2.28. The van der Waals surface area contributed by atoms with Crippen molar-refractivity contribution in [1.29, 1.82) is 0 Å². The quantitative estimate of drug-likeness (QED) is 0.777. The fraction of sp³-hybridized carbons (Fsp3) is 0.727. The molecule has 0 aliphatic heterocycles. The van der Waals surface area contributed by atoms with E-state index in [4.69, 9.17) is 0 Å². The third-order valence-electron chi connectivity index (χ3n) is 3.20. The summed E-state index contributed by atoms with van der Waals surface area (Å²) < 4.78 is 1.65. The SMILES string of the molecule is CN(CC1CC(O)C1)C(=O)CCn1ccnn1. The average Bonchev–Trinajstić information content (AvgIpc) is 2.76. The Balaban J connectivity index is 1.68. The van der Waals surface area contributed by atoms with Crippen LogP contribution in [0.25, 0.3) is 0 Å². The Morgan fingerprint density at radius 2 is 2.35 bits per heavy atom. The molecule has 0 spiro atoms. The molecule has 1 aromatic heterocycles. The number of nitrogens with zero attached hydrogens (tertiary/aromatic N) is 4. The van der Waals surface area contributed by atoms with Crippen molar-refractivity contribution in [2.45, 2.75) is 31.9 Å². The van der Waals surface area contributed by atoms with E-state index in [9.17, 15) is 9.90 Å². The molecule has 6 heteroatoms. The van der Waals surface area contributed by atoms with Gasteiger partial charge in [0, 0.05) is 26.2 Å². The van der Waals surface area contributed by atoms with Gasteiger partial charge in [-0.05, 0) is 18.8 Å². The van der Waals surface area contributed by atoms with Gasteiger partial charge in [0.2, 0.25) is 5.91 Å². The van der Waals surface area contributed by atoms with Gasteiger partial charge in [-0.15, -0.1) is 5.10 Å². The number of aliphatic hydroxyl groups is 1. The largest absolute Gasteiger partial charge is 0.393 e. The molecule has 1 saturated carbocycles. The molecule has 1 fully saturated rings. The Morgan fingerprint density at radius 1 is 1.59 bits per heavy atom. The van der Waals surface area contributed by atoms with E-state index in [1.807, 2.05) is 7.05 Å². The zero-order chi connectivity index (χ0) is 12.3. The molecule has 0 atom stereocenters. The van der Waals surface area contributed by atoms with Gasteiger partial charge in [-0.25, -0.2) is 0 Å². The van der Waals surface area contributed by atoms with Crippen molar-refractivity contribution < 1.29 is 9.90 Å². The van der Waals surface area contributed by atoms with E-state index in [2.05, 4.69) is 10.3 Å². The monoisotopic (exact) mass is 238 g/mol. The molecule has 2 rings (SSSR count). The first-order valence-electron chi connectivity index (χ1n) is 5.91. The number of hydrogen-bond acceptors (Lipinski definition) is 4. The van der Waals surface area contributed by atoms with Crippen LogP contribution in [-0.4, -0.2) is 50.6 Å². The number of carbonyl (C=O) groups is 1. The summed E-state index contributed by atoms with van der Waals surface area (Å²) in [5.74, 6) is 0.576. The van der Waals surface area contributed by atoms with Crippen LogP contribution in [0.2, 0.25) is 0 Å². The summed E-state index contributed by atoms with van der Waals surface area (Å²) in [6, 6.07) is 0. The molecule has 17 heavy (non-hydrogen) atoms. The summed E-state index contributed by atoms with van der Waals surface area (Å²) in [5, 5.41) is 16.7. The first kappa shape index (κ1) is 12.0. The van der Waals surface area contributed by atoms with Gasteiger partial charge in [0.1, 0.15) is 0 Å². The summed E-state index contributed by atoms with van der Waals surface area (Å²) in [6.45, 7) is 1.31. The number of aromatic nitrogens is 3. The van der Waals surface area contributed by atoms with E-state index in [-0.39, 0.29) is 12.0 Å². The second kappa shape index (κ2) is 5.27. The van der Waals surface area contributed by atoms with E-state index in [0.717, 1.165) is 19.4 Å². The highest BCUT2D eigenvalue weighted by molar-refractivity contribution is 5.75. The highest BCUT2D eigenvalue weighted by atomic mass is 16.3. The van der Waals surface area contributed by atoms with Gasteiger partial charge < -0.3 is 10.0 Å². The summed E-state index contributed by atoms with van der Waals surface area (Å²) in [7, 11) is 1.81. The molecule has 1 amide bonds. The van der Waals surface area contributed by atoms with Crippen molar-refractivity contribution in [3.05, 3.63) is 12.4 Å². The standard InChI is InChI=1S/C11H18N4O2/c1-14(8-9-6-10(16)7-9)11(17)2-4-15-5-3-12-13-15/h3,5,9-10,16H,2,4,6-8H2,1H3. The number of rotatable bonds is 5. The minimum atomic E-state index is -0.154. The first-order chi connectivity index (χ1) is 8.15. The van der Waals surface area contributed by atoms with Gasteiger partial charge in [0.25, 0.3) is 0 Å². The van der Waals surface area contributed by atoms with Crippen LogP contribution >= 0.6 is 0 Å². The van der Waals surface area contributed by atoms with Gasteiger partial charge in [-0.2, -0.15) is 0 Å². The second-order valence-corrected chi connectivity index (χ2v) is 4.68. The van der Waals surface area contributed by atoms with E-state index in [0.29, 0.717) is 18.9 Å². The molecule has 1 heterocycles. The van der Waals surface area contributed by atoms with Crippen molar-refractivity contribution >= 4 is 5.91 Å². The minimum Gasteiger partial charge on any atom is -0.393 e. The summed E-state index contributed by atoms with van der Waals surface area (Å²) in [5.41, 5.74) is 0. The maximum Gasteiger partial charge on any atom is 0.224 e. The van der Waals surface area contributed by atoms with Crippen LogP contribution in [0.4, 0.5) is 0 Å².